The Kier molecular flexibility index (Phi) is 2.90. The van der Waals surface area contributed by atoms with Crippen LogP contribution in [0.4, 0.5) is 0 Å². The SMILES string of the molecule is [CH2]c1ccnc(OCCC)c1. The molecule has 0 fully saturated rings. The molecule has 0 aliphatic heterocycles. The van der Waals surface area contributed by atoms with Gasteiger partial charge in [-0.15, -0.1) is 0 Å². The van der Waals surface area contributed by atoms with Gasteiger partial charge in [-0.2, -0.15) is 0 Å². The second-order valence-corrected chi connectivity index (χ2v) is 2.35. The average molecular weight is 150 g/mol. The van der Waals surface area contributed by atoms with Gasteiger partial charge in [-0.3, -0.25) is 0 Å². The molecule has 0 amide bonds. The third-order valence-corrected chi connectivity index (χ3v) is 1.25. The topological polar surface area (TPSA) is 22.1 Å². The lowest BCUT2D eigenvalue weighted by Crippen LogP contribution is -1.96. The number of rotatable bonds is 3. The van der Waals surface area contributed by atoms with E-state index in [4.69, 9.17) is 4.74 Å². The quantitative estimate of drug-likeness (QED) is 0.658. The third kappa shape index (κ3) is 2.58. The summed E-state index contributed by atoms with van der Waals surface area (Å²) < 4.78 is 5.28. The fourth-order valence-electron chi connectivity index (χ4n) is 0.736. The van der Waals surface area contributed by atoms with Gasteiger partial charge >= 0.3 is 0 Å². The van der Waals surface area contributed by atoms with E-state index in [0.717, 1.165) is 18.6 Å². The molecule has 1 radical (unpaired) electrons. The van der Waals surface area contributed by atoms with Gasteiger partial charge in [0.25, 0.3) is 0 Å². The Hall–Kier alpha value is -1.05. The molecule has 0 aromatic carbocycles. The van der Waals surface area contributed by atoms with Crippen LogP contribution in [0.3, 0.4) is 0 Å². The van der Waals surface area contributed by atoms with Crippen molar-refractivity contribution in [2.45, 2.75) is 13.3 Å². The standard InChI is InChI=1S/C9H12NO/c1-3-6-11-9-7-8(2)4-5-10-9/h4-5,7H,2-3,6H2,1H3. The van der Waals surface area contributed by atoms with E-state index < -0.39 is 0 Å². The van der Waals surface area contributed by atoms with E-state index in [2.05, 4.69) is 18.8 Å². The van der Waals surface area contributed by atoms with Crippen LogP contribution < -0.4 is 4.74 Å². The van der Waals surface area contributed by atoms with Gasteiger partial charge in [-0.1, -0.05) is 6.92 Å². The maximum Gasteiger partial charge on any atom is 0.213 e. The molecule has 0 atom stereocenters. The molecule has 0 aliphatic rings. The van der Waals surface area contributed by atoms with Crippen LogP contribution in [0.5, 0.6) is 5.88 Å². The Morgan fingerprint density at radius 1 is 1.64 bits per heavy atom. The average Bonchev–Trinajstić information content (AvgIpc) is 2.01. The molecule has 1 aromatic rings. The number of aromatic nitrogens is 1. The van der Waals surface area contributed by atoms with Crippen molar-refractivity contribution in [3.8, 4) is 5.88 Å². The molecule has 0 saturated heterocycles. The minimum atomic E-state index is 0.666. The molecule has 1 heterocycles. The zero-order valence-electron chi connectivity index (χ0n) is 6.71. The normalized spacial score (nSPS) is 9.64. The van der Waals surface area contributed by atoms with Gasteiger partial charge in [0.2, 0.25) is 5.88 Å². The molecule has 0 spiro atoms. The van der Waals surface area contributed by atoms with Gasteiger partial charge in [0.05, 0.1) is 6.61 Å². The van der Waals surface area contributed by atoms with Crippen molar-refractivity contribution in [3.05, 3.63) is 30.8 Å². The van der Waals surface area contributed by atoms with Gasteiger partial charge in [-0.05, 0) is 25.0 Å². The van der Waals surface area contributed by atoms with Crippen molar-refractivity contribution in [1.29, 1.82) is 0 Å². The Morgan fingerprint density at radius 2 is 2.45 bits per heavy atom. The first-order valence-electron chi connectivity index (χ1n) is 3.73. The van der Waals surface area contributed by atoms with E-state index in [1.54, 1.807) is 6.20 Å². The Bertz CT molecular complexity index is 223. The summed E-state index contributed by atoms with van der Waals surface area (Å²) in [6.45, 7) is 6.55. The highest BCUT2D eigenvalue weighted by atomic mass is 16.5. The minimum Gasteiger partial charge on any atom is -0.478 e. The molecule has 0 N–H and O–H groups in total. The van der Waals surface area contributed by atoms with Crippen molar-refractivity contribution in [1.82, 2.24) is 4.98 Å². The predicted molar refractivity (Wildman–Crippen MR) is 44.5 cm³/mol. The van der Waals surface area contributed by atoms with E-state index in [1.807, 2.05) is 12.1 Å². The number of hydrogen-bond donors (Lipinski definition) is 0. The van der Waals surface area contributed by atoms with Crippen molar-refractivity contribution in [2.24, 2.45) is 0 Å². The molecule has 0 saturated carbocycles. The maximum absolute atomic E-state index is 5.28. The molecule has 59 valence electrons. The highest BCUT2D eigenvalue weighted by Crippen LogP contribution is 2.07. The van der Waals surface area contributed by atoms with Crippen molar-refractivity contribution in [3.63, 3.8) is 0 Å². The highest BCUT2D eigenvalue weighted by molar-refractivity contribution is 5.22. The van der Waals surface area contributed by atoms with E-state index in [-0.39, 0.29) is 0 Å². The summed E-state index contributed by atoms with van der Waals surface area (Å²) in [5, 5.41) is 0. The fourth-order valence-corrected chi connectivity index (χ4v) is 0.736. The van der Waals surface area contributed by atoms with Crippen LogP contribution in [0.1, 0.15) is 18.9 Å². The monoisotopic (exact) mass is 150 g/mol. The lowest BCUT2D eigenvalue weighted by Gasteiger charge is -2.02. The van der Waals surface area contributed by atoms with Crippen LogP contribution in [0.25, 0.3) is 0 Å². The predicted octanol–water partition coefficient (Wildman–Crippen LogP) is 2.05. The smallest absolute Gasteiger partial charge is 0.213 e. The Morgan fingerprint density at radius 3 is 3.09 bits per heavy atom. The van der Waals surface area contributed by atoms with E-state index in [1.165, 1.54) is 0 Å². The number of ether oxygens (including phenoxy) is 1. The number of hydrogen-bond acceptors (Lipinski definition) is 2. The molecule has 1 rings (SSSR count). The van der Waals surface area contributed by atoms with Crippen molar-refractivity contribution < 1.29 is 4.74 Å². The van der Waals surface area contributed by atoms with Crippen molar-refractivity contribution >= 4 is 0 Å². The largest absolute Gasteiger partial charge is 0.478 e. The van der Waals surface area contributed by atoms with Gasteiger partial charge in [0.1, 0.15) is 0 Å². The molecule has 0 bridgehead atoms. The van der Waals surface area contributed by atoms with Crippen LogP contribution in [-0.4, -0.2) is 11.6 Å². The highest BCUT2D eigenvalue weighted by Gasteiger charge is 1.92. The van der Waals surface area contributed by atoms with Crippen LogP contribution in [-0.2, 0) is 0 Å². The first-order valence-corrected chi connectivity index (χ1v) is 3.73. The molecule has 2 heteroatoms. The first kappa shape index (κ1) is 8.05. The van der Waals surface area contributed by atoms with Crippen LogP contribution >= 0.6 is 0 Å². The summed E-state index contributed by atoms with van der Waals surface area (Å²) in [6, 6.07) is 3.68. The summed E-state index contributed by atoms with van der Waals surface area (Å²) in [5.74, 6) is 0.666. The summed E-state index contributed by atoms with van der Waals surface area (Å²) in [6.07, 6.45) is 2.70. The lowest BCUT2D eigenvalue weighted by molar-refractivity contribution is 0.305. The van der Waals surface area contributed by atoms with E-state index >= 15 is 0 Å². The molecule has 1 aromatic heterocycles. The molecule has 0 unspecified atom stereocenters. The van der Waals surface area contributed by atoms with E-state index in [9.17, 15) is 0 Å². The fraction of sp³-hybridized carbons (Fsp3) is 0.333. The molecular formula is C9H12NO. The number of pyridine rings is 1. The Balaban J connectivity index is 2.56. The second-order valence-electron chi connectivity index (χ2n) is 2.35. The number of nitrogens with zero attached hydrogens (tertiary/aromatic N) is 1. The maximum atomic E-state index is 5.28. The zero-order valence-corrected chi connectivity index (χ0v) is 6.71. The van der Waals surface area contributed by atoms with Crippen LogP contribution in [0, 0.1) is 6.92 Å². The first-order chi connectivity index (χ1) is 5.33. The molecule has 2 nitrogen and oxygen atoms in total. The third-order valence-electron chi connectivity index (χ3n) is 1.25. The summed E-state index contributed by atoms with van der Waals surface area (Å²) in [4.78, 5) is 4.01. The molecule has 11 heavy (non-hydrogen) atoms. The summed E-state index contributed by atoms with van der Waals surface area (Å²) in [7, 11) is 0. The molecule has 0 aliphatic carbocycles. The zero-order chi connectivity index (χ0) is 8.10. The van der Waals surface area contributed by atoms with Crippen LogP contribution in [0.15, 0.2) is 18.3 Å². The molecular weight excluding hydrogens is 138 g/mol. The second kappa shape index (κ2) is 3.96. The van der Waals surface area contributed by atoms with Gasteiger partial charge < -0.3 is 4.74 Å². The van der Waals surface area contributed by atoms with Gasteiger partial charge in [-0.25, -0.2) is 4.98 Å². The lowest BCUT2D eigenvalue weighted by atomic mass is 10.3. The summed E-state index contributed by atoms with van der Waals surface area (Å²) in [5.41, 5.74) is 0.936. The van der Waals surface area contributed by atoms with Gasteiger partial charge in [0.15, 0.2) is 0 Å². The van der Waals surface area contributed by atoms with Crippen LogP contribution in [0.2, 0.25) is 0 Å². The Labute approximate surface area is 67.2 Å². The van der Waals surface area contributed by atoms with Gasteiger partial charge in [0, 0.05) is 12.3 Å². The van der Waals surface area contributed by atoms with Crippen molar-refractivity contribution in [2.75, 3.05) is 6.61 Å². The van der Waals surface area contributed by atoms with E-state index in [0.29, 0.717) is 5.88 Å². The minimum absolute atomic E-state index is 0.666. The summed E-state index contributed by atoms with van der Waals surface area (Å²) >= 11 is 0.